The first-order valence-corrected chi connectivity index (χ1v) is 8.94. The van der Waals surface area contributed by atoms with Gasteiger partial charge in [0.2, 0.25) is 5.91 Å². The van der Waals surface area contributed by atoms with Crippen molar-refractivity contribution in [3.8, 4) is 0 Å². The number of thiophene rings is 1. The second kappa shape index (κ2) is 8.13. The molecule has 2 fully saturated rings. The van der Waals surface area contributed by atoms with Gasteiger partial charge in [0.05, 0.1) is 5.56 Å². The molecule has 1 aliphatic heterocycles. The fourth-order valence-corrected chi connectivity index (χ4v) is 4.03. The Balaban J connectivity index is 0.00000192. The lowest BCUT2D eigenvalue weighted by atomic mass is 9.99. The maximum Gasteiger partial charge on any atom is 0.254 e. The van der Waals surface area contributed by atoms with E-state index in [1.54, 1.807) is 0 Å². The average molecular weight is 358 g/mol. The van der Waals surface area contributed by atoms with Crippen molar-refractivity contribution in [1.82, 2.24) is 9.80 Å². The summed E-state index contributed by atoms with van der Waals surface area (Å²) in [7, 11) is 0. The molecule has 128 valence electrons. The summed E-state index contributed by atoms with van der Waals surface area (Å²) in [6, 6.07) is 2.04. The van der Waals surface area contributed by atoms with Crippen LogP contribution in [0.1, 0.15) is 36.0 Å². The quantitative estimate of drug-likeness (QED) is 0.899. The minimum absolute atomic E-state index is 0. The van der Waals surface area contributed by atoms with E-state index in [2.05, 4.69) is 0 Å². The molecule has 23 heavy (non-hydrogen) atoms. The van der Waals surface area contributed by atoms with Crippen LogP contribution in [0.4, 0.5) is 0 Å². The maximum atomic E-state index is 12.4. The van der Waals surface area contributed by atoms with Crippen LogP contribution in [-0.2, 0) is 4.79 Å². The van der Waals surface area contributed by atoms with Crippen LogP contribution in [0.5, 0.6) is 0 Å². The number of nitrogens with zero attached hydrogens (tertiary/aromatic N) is 2. The first-order valence-electron chi connectivity index (χ1n) is 8.00. The lowest BCUT2D eigenvalue weighted by Crippen LogP contribution is -2.51. The normalized spacial score (nSPS) is 24.4. The summed E-state index contributed by atoms with van der Waals surface area (Å²) in [6.07, 6.45) is 3.83. The molecule has 1 aliphatic carbocycles. The Hall–Kier alpha value is -1.11. The fraction of sp³-hybridized carbons (Fsp3) is 0.625. The van der Waals surface area contributed by atoms with Crippen LogP contribution in [0, 0.1) is 5.92 Å². The van der Waals surface area contributed by atoms with Gasteiger partial charge in [0.25, 0.3) is 5.91 Å². The van der Waals surface area contributed by atoms with E-state index in [0.717, 1.165) is 24.8 Å². The number of piperazine rings is 1. The summed E-state index contributed by atoms with van der Waals surface area (Å²) >= 11 is 1.53. The van der Waals surface area contributed by atoms with Crippen LogP contribution in [0.3, 0.4) is 0 Å². The van der Waals surface area contributed by atoms with Gasteiger partial charge < -0.3 is 15.5 Å². The molecule has 2 heterocycles. The SMILES string of the molecule is Cl.N[C@@H]1CCC[C@H]1CC(=O)N1CCN(C(=O)c2ccsc2)CC1. The second-order valence-electron chi connectivity index (χ2n) is 6.24. The molecule has 1 saturated carbocycles. The Morgan fingerprint density at radius 3 is 2.43 bits per heavy atom. The molecular formula is C16H24ClN3O2S. The third kappa shape index (κ3) is 4.25. The van der Waals surface area contributed by atoms with Crippen LogP contribution >= 0.6 is 23.7 Å². The van der Waals surface area contributed by atoms with Gasteiger partial charge in [-0.2, -0.15) is 11.3 Å². The number of hydrogen-bond donors (Lipinski definition) is 1. The lowest BCUT2D eigenvalue weighted by molar-refractivity contribution is -0.133. The van der Waals surface area contributed by atoms with Crippen molar-refractivity contribution in [2.24, 2.45) is 11.7 Å². The first kappa shape index (κ1) is 18.2. The van der Waals surface area contributed by atoms with Gasteiger partial charge in [0.1, 0.15) is 0 Å². The number of nitrogens with two attached hydrogens (primary N) is 1. The molecule has 5 nitrogen and oxygen atoms in total. The van der Waals surface area contributed by atoms with Gasteiger partial charge in [-0.3, -0.25) is 9.59 Å². The summed E-state index contributed by atoms with van der Waals surface area (Å²) in [5, 5.41) is 3.79. The van der Waals surface area contributed by atoms with E-state index in [1.807, 2.05) is 26.6 Å². The molecule has 2 N–H and O–H groups in total. The van der Waals surface area contributed by atoms with Crippen molar-refractivity contribution in [2.45, 2.75) is 31.7 Å². The van der Waals surface area contributed by atoms with E-state index in [0.29, 0.717) is 38.5 Å². The van der Waals surface area contributed by atoms with Gasteiger partial charge in [-0.25, -0.2) is 0 Å². The zero-order chi connectivity index (χ0) is 15.5. The summed E-state index contributed by atoms with van der Waals surface area (Å²) in [5.74, 6) is 0.620. The molecular weight excluding hydrogens is 334 g/mol. The summed E-state index contributed by atoms with van der Waals surface area (Å²) in [5.41, 5.74) is 6.80. The molecule has 0 aromatic carbocycles. The highest BCUT2D eigenvalue weighted by Crippen LogP contribution is 2.27. The molecule has 0 radical (unpaired) electrons. The number of carbonyl (C=O) groups excluding carboxylic acids is 2. The molecule has 0 spiro atoms. The molecule has 7 heteroatoms. The topological polar surface area (TPSA) is 66.6 Å². The molecule has 2 atom stereocenters. The van der Waals surface area contributed by atoms with E-state index in [4.69, 9.17) is 5.73 Å². The highest BCUT2D eigenvalue weighted by molar-refractivity contribution is 7.08. The number of hydrogen-bond acceptors (Lipinski definition) is 4. The van der Waals surface area contributed by atoms with Gasteiger partial charge in [0.15, 0.2) is 0 Å². The number of halogens is 1. The van der Waals surface area contributed by atoms with Crippen molar-refractivity contribution in [3.63, 3.8) is 0 Å². The highest BCUT2D eigenvalue weighted by Gasteiger charge is 2.30. The average Bonchev–Trinajstić information content (AvgIpc) is 3.19. The Morgan fingerprint density at radius 2 is 1.87 bits per heavy atom. The molecule has 3 rings (SSSR count). The summed E-state index contributed by atoms with van der Waals surface area (Å²) < 4.78 is 0. The fourth-order valence-electron chi connectivity index (χ4n) is 3.40. The zero-order valence-electron chi connectivity index (χ0n) is 13.1. The Labute approximate surface area is 147 Å². The van der Waals surface area contributed by atoms with Crippen LogP contribution < -0.4 is 5.73 Å². The van der Waals surface area contributed by atoms with Crippen molar-refractivity contribution in [2.75, 3.05) is 26.2 Å². The number of rotatable bonds is 3. The predicted octanol–water partition coefficient (Wildman–Crippen LogP) is 1.97. The van der Waals surface area contributed by atoms with E-state index in [-0.39, 0.29) is 30.3 Å². The van der Waals surface area contributed by atoms with Crippen LogP contribution in [0.2, 0.25) is 0 Å². The zero-order valence-corrected chi connectivity index (χ0v) is 14.8. The van der Waals surface area contributed by atoms with Crippen molar-refractivity contribution < 1.29 is 9.59 Å². The van der Waals surface area contributed by atoms with Gasteiger partial charge in [0, 0.05) is 44.0 Å². The van der Waals surface area contributed by atoms with E-state index >= 15 is 0 Å². The molecule has 0 bridgehead atoms. The van der Waals surface area contributed by atoms with Gasteiger partial charge in [-0.15, -0.1) is 12.4 Å². The summed E-state index contributed by atoms with van der Waals surface area (Å²) in [6.45, 7) is 2.52. The predicted molar refractivity (Wildman–Crippen MR) is 94.0 cm³/mol. The highest BCUT2D eigenvalue weighted by atomic mass is 35.5. The van der Waals surface area contributed by atoms with E-state index in [1.165, 1.54) is 11.3 Å². The summed E-state index contributed by atoms with van der Waals surface area (Å²) in [4.78, 5) is 28.4. The van der Waals surface area contributed by atoms with Gasteiger partial charge >= 0.3 is 0 Å². The Kier molecular flexibility index (Phi) is 6.44. The second-order valence-corrected chi connectivity index (χ2v) is 7.02. The third-order valence-electron chi connectivity index (χ3n) is 4.84. The molecule has 1 saturated heterocycles. The standard InChI is InChI=1S/C16H23N3O2S.ClH/c17-14-3-1-2-12(14)10-15(20)18-5-7-19(8-6-18)16(21)13-4-9-22-11-13;/h4,9,11-12,14H,1-3,5-8,10,17H2;1H/t12-,14+;/m0./s1. The van der Waals surface area contributed by atoms with Crippen LogP contribution in [0.25, 0.3) is 0 Å². The largest absolute Gasteiger partial charge is 0.339 e. The lowest BCUT2D eigenvalue weighted by Gasteiger charge is -2.35. The van der Waals surface area contributed by atoms with Gasteiger partial charge in [-0.1, -0.05) is 6.42 Å². The molecule has 2 aliphatic rings. The molecule has 1 aromatic heterocycles. The van der Waals surface area contributed by atoms with E-state index < -0.39 is 0 Å². The Bertz CT molecular complexity index is 529. The maximum absolute atomic E-state index is 12.4. The van der Waals surface area contributed by atoms with Crippen molar-refractivity contribution in [1.29, 1.82) is 0 Å². The minimum atomic E-state index is 0. The van der Waals surface area contributed by atoms with Crippen molar-refractivity contribution in [3.05, 3.63) is 22.4 Å². The molecule has 0 unspecified atom stereocenters. The minimum Gasteiger partial charge on any atom is -0.339 e. The van der Waals surface area contributed by atoms with Crippen molar-refractivity contribution >= 4 is 35.6 Å². The van der Waals surface area contributed by atoms with Crippen LogP contribution in [0.15, 0.2) is 16.8 Å². The monoisotopic (exact) mass is 357 g/mol. The molecule has 1 aromatic rings. The first-order chi connectivity index (χ1) is 10.6. The van der Waals surface area contributed by atoms with Gasteiger partial charge in [-0.05, 0) is 30.2 Å². The van der Waals surface area contributed by atoms with Crippen LogP contribution in [-0.4, -0.2) is 53.8 Å². The van der Waals surface area contributed by atoms with E-state index in [9.17, 15) is 9.59 Å². The molecule has 2 amide bonds. The number of amides is 2. The third-order valence-corrected chi connectivity index (χ3v) is 5.53. The Morgan fingerprint density at radius 1 is 1.17 bits per heavy atom. The smallest absolute Gasteiger partial charge is 0.254 e. The number of carbonyl (C=O) groups is 2.